The topological polar surface area (TPSA) is 283 Å². The van der Waals surface area contributed by atoms with Gasteiger partial charge >= 0.3 is 33.3 Å². The molecule has 0 radical (unpaired) electrons. The molecule has 1 aromatic heterocycles. The third-order valence-corrected chi connectivity index (χ3v) is 13.8. The largest absolute Gasteiger partial charge is 0.481 e. The summed E-state index contributed by atoms with van der Waals surface area (Å²) in [6, 6.07) is 1.24. The first-order valence-electron chi connectivity index (χ1n) is 25.0. The Morgan fingerprint density at radius 2 is 1.26 bits per heavy atom. The minimum Gasteiger partial charge on any atom is -0.462 e. The molecule has 1 aliphatic rings. The number of nitrogens with two attached hydrogens (primary N) is 1. The van der Waals surface area contributed by atoms with Crippen molar-refractivity contribution in [3.05, 3.63) is 59.2 Å². The van der Waals surface area contributed by atoms with Crippen LogP contribution in [0.4, 0.5) is 5.82 Å². The van der Waals surface area contributed by atoms with Crippen LogP contribution in [0.3, 0.4) is 0 Å². The first-order valence-corrected chi connectivity index (χ1v) is 27.9. The fraction of sp³-hybridized carbons (Fsp3) is 0.729. The van der Waals surface area contributed by atoms with Gasteiger partial charge in [-0.05, 0) is 69.9 Å². The van der Waals surface area contributed by atoms with Crippen molar-refractivity contribution in [1.29, 1.82) is 0 Å². The van der Waals surface area contributed by atoms with Crippen LogP contribution in [0.25, 0.3) is 0 Å². The minimum atomic E-state index is -5.45. The van der Waals surface area contributed by atoms with Gasteiger partial charge < -0.3 is 39.9 Å². The van der Waals surface area contributed by atoms with E-state index in [0.29, 0.717) is 32.1 Å². The van der Waals surface area contributed by atoms with Crippen molar-refractivity contribution in [2.75, 3.05) is 25.6 Å². The predicted octanol–water partition coefficient (Wildman–Crippen LogP) is 9.18. The van der Waals surface area contributed by atoms with E-state index in [-0.39, 0.29) is 24.4 Å². The van der Waals surface area contributed by atoms with Gasteiger partial charge in [0.05, 0.1) is 13.2 Å². The number of phosphoric acid groups is 2. The first kappa shape index (κ1) is 61.8. The second-order valence-electron chi connectivity index (χ2n) is 17.3. The van der Waals surface area contributed by atoms with Crippen molar-refractivity contribution in [3.8, 4) is 0 Å². The number of esters is 2. The summed E-state index contributed by atoms with van der Waals surface area (Å²) >= 11 is 0. The van der Waals surface area contributed by atoms with Gasteiger partial charge in [-0.3, -0.25) is 28.0 Å². The summed E-state index contributed by atoms with van der Waals surface area (Å²) in [5, 5.41) is 20.9. The number of rotatable bonds is 41. The van der Waals surface area contributed by atoms with Crippen LogP contribution in [-0.2, 0) is 51.1 Å². The highest BCUT2D eigenvalue weighted by molar-refractivity contribution is 7.61. The molecule has 1 saturated heterocycles. The molecular formula is C48H81N3O16P2. The smallest absolute Gasteiger partial charge is 0.462 e. The van der Waals surface area contributed by atoms with Gasteiger partial charge in [-0.1, -0.05) is 128 Å². The fourth-order valence-corrected chi connectivity index (χ4v) is 9.34. The molecule has 2 unspecified atom stereocenters. The summed E-state index contributed by atoms with van der Waals surface area (Å²) in [7, 11) is -10.9. The van der Waals surface area contributed by atoms with E-state index in [1.165, 1.54) is 51.0 Å². The van der Waals surface area contributed by atoms with Gasteiger partial charge in [-0.15, -0.1) is 0 Å². The van der Waals surface area contributed by atoms with Crippen LogP contribution in [-0.4, -0.2) is 91.5 Å². The zero-order valence-corrected chi connectivity index (χ0v) is 42.6. The van der Waals surface area contributed by atoms with Crippen molar-refractivity contribution in [1.82, 2.24) is 9.55 Å². The highest BCUT2D eigenvalue weighted by Gasteiger charge is 2.46. The Morgan fingerprint density at radius 1 is 0.725 bits per heavy atom. The van der Waals surface area contributed by atoms with E-state index in [4.69, 9.17) is 29.0 Å². The quantitative estimate of drug-likeness (QED) is 0.0102. The molecule has 2 heterocycles. The molecule has 0 amide bonds. The number of hydrogen-bond donors (Lipinski definition) is 5. The SMILES string of the molecule is CCCCC/C=C\C=C\C(=O)CCCCCCCC(=O)O[C@H](COC(=O)CCCCCCC/C=C\CCCCCCCC)COP(=O)(O)OP(=O)(O)OC[C@H]1O[C@@H](n2ccc(N)nc2=O)[C@H](O)[C@@H]1O. The lowest BCUT2D eigenvalue weighted by atomic mass is 10.1. The third-order valence-electron chi connectivity index (χ3n) is 11.2. The summed E-state index contributed by atoms with van der Waals surface area (Å²) in [4.78, 5) is 74.0. The van der Waals surface area contributed by atoms with E-state index >= 15 is 0 Å². The number of carbonyl (C=O) groups excluding carboxylic acids is 3. The van der Waals surface area contributed by atoms with Gasteiger partial charge in [0.2, 0.25) is 0 Å². The summed E-state index contributed by atoms with van der Waals surface area (Å²) in [5.41, 5.74) is 4.57. The molecule has 0 bridgehead atoms. The van der Waals surface area contributed by atoms with Crippen molar-refractivity contribution < 1.29 is 71.1 Å². The fourth-order valence-electron chi connectivity index (χ4n) is 7.23. The number of phosphoric ester groups is 2. The number of allylic oxidation sites excluding steroid dienone is 6. The number of unbranched alkanes of at least 4 members (excludes halogenated alkanes) is 18. The number of aliphatic hydroxyl groups is 2. The van der Waals surface area contributed by atoms with Gasteiger partial charge in [-0.2, -0.15) is 9.29 Å². The van der Waals surface area contributed by atoms with Gasteiger partial charge in [0.25, 0.3) is 0 Å². The van der Waals surface area contributed by atoms with Crippen LogP contribution in [0.2, 0.25) is 0 Å². The van der Waals surface area contributed by atoms with E-state index in [9.17, 15) is 48.3 Å². The lowest BCUT2D eigenvalue weighted by Gasteiger charge is -2.21. The second kappa shape index (κ2) is 36.6. The molecular weight excluding hydrogens is 936 g/mol. The average molecular weight is 1020 g/mol. The molecule has 6 N–H and O–H groups in total. The average Bonchev–Trinajstić information content (AvgIpc) is 3.58. The maximum Gasteiger partial charge on any atom is 0.481 e. The number of carbonyl (C=O) groups is 3. The van der Waals surface area contributed by atoms with Gasteiger partial charge in [0, 0.05) is 25.5 Å². The molecule has 2 rings (SSSR count). The maximum absolute atomic E-state index is 12.8. The van der Waals surface area contributed by atoms with Gasteiger partial charge in [-0.25, -0.2) is 13.9 Å². The van der Waals surface area contributed by atoms with E-state index in [2.05, 4.69) is 41.4 Å². The Labute approximate surface area is 408 Å². The lowest BCUT2D eigenvalue weighted by Crippen LogP contribution is -2.36. The first-order chi connectivity index (χ1) is 33.1. The molecule has 394 valence electrons. The third kappa shape index (κ3) is 29.6. The van der Waals surface area contributed by atoms with Crippen LogP contribution in [0, 0.1) is 0 Å². The van der Waals surface area contributed by atoms with E-state index in [0.717, 1.165) is 81.4 Å². The summed E-state index contributed by atoms with van der Waals surface area (Å²) in [5.74, 6) is -1.36. The number of aromatic nitrogens is 2. The molecule has 21 heteroatoms. The molecule has 1 aromatic rings. The Kier molecular flexibility index (Phi) is 32.7. The number of hydrogen-bond acceptors (Lipinski definition) is 16. The van der Waals surface area contributed by atoms with Crippen LogP contribution in [0.5, 0.6) is 0 Å². The van der Waals surface area contributed by atoms with Crippen LogP contribution in [0.15, 0.2) is 53.5 Å². The number of nitrogen functional groups attached to an aromatic ring is 1. The monoisotopic (exact) mass is 1020 g/mol. The summed E-state index contributed by atoms with van der Waals surface area (Å²) < 4.78 is 56.6. The Hall–Kier alpha value is -3.35. The summed E-state index contributed by atoms with van der Waals surface area (Å²) in [6.07, 6.45) is 27.6. The molecule has 1 aliphatic heterocycles. The number of ether oxygens (including phenoxy) is 3. The number of aliphatic hydroxyl groups excluding tert-OH is 2. The molecule has 19 nitrogen and oxygen atoms in total. The molecule has 1 fully saturated rings. The highest BCUT2D eigenvalue weighted by Crippen LogP contribution is 2.60. The zero-order chi connectivity index (χ0) is 50.8. The summed E-state index contributed by atoms with van der Waals surface area (Å²) in [6.45, 7) is 1.97. The number of anilines is 1. The normalized spacial score (nSPS) is 19.6. The molecule has 0 saturated carbocycles. The zero-order valence-electron chi connectivity index (χ0n) is 40.9. The Balaban J connectivity index is 1.84. The van der Waals surface area contributed by atoms with Crippen molar-refractivity contribution in [2.45, 2.75) is 205 Å². The standard InChI is InChI=1S/C48H81N3O16P2/c1-3-5-7-9-11-12-13-14-15-16-17-18-20-24-28-32-43(53)62-36-40(65-44(54)33-29-25-21-23-27-31-39(52)30-26-22-19-10-8-6-4-2)37-63-68(58,59)67-69(60,61)64-38-41-45(55)46(56)47(66-41)51-35-34-42(49)50-48(51)57/h14-15,19,22,26,30,34-35,40-41,45-47,55-56H,3-13,16-18,20-21,23-25,27-29,31-33,36-38H2,1-2H3,(H,58,59)(H,60,61)(H2,49,50,57)/b15-14-,22-19-,30-26+/t40-,41-,45-,46-,47-/m1/s1. The number of ketones is 1. The van der Waals surface area contributed by atoms with Gasteiger partial charge in [0.15, 0.2) is 18.1 Å². The van der Waals surface area contributed by atoms with E-state index in [1.54, 1.807) is 12.2 Å². The Morgan fingerprint density at radius 3 is 1.90 bits per heavy atom. The van der Waals surface area contributed by atoms with Gasteiger partial charge in [0.1, 0.15) is 30.7 Å². The van der Waals surface area contributed by atoms with Crippen molar-refractivity contribution >= 4 is 39.2 Å². The lowest BCUT2D eigenvalue weighted by molar-refractivity contribution is -0.161. The molecule has 0 aromatic carbocycles. The number of nitrogens with zero attached hydrogens (tertiary/aromatic N) is 2. The van der Waals surface area contributed by atoms with E-state index < -0.39 is 83.7 Å². The van der Waals surface area contributed by atoms with Crippen molar-refractivity contribution in [3.63, 3.8) is 0 Å². The van der Waals surface area contributed by atoms with Crippen LogP contribution >= 0.6 is 15.6 Å². The van der Waals surface area contributed by atoms with Crippen LogP contribution < -0.4 is 11.4 Å². The molecule has 7 atom stereocenters. The Bertz CT molecular complexity index is 1860. The van der Waals surface area contributed by atoms with E-state index in [1.807, 2.05) is 6.08 Å². The highest BCUT2D eigenvalue weighted by atomic mass is 31.3. The van der Waals surface area contributed by atoms with Crippen LogP contribution in [0.1, 0.15) is 181 Å². The second-order valence-corrected chi connectivity index (χ2v) is 20.4. The molecule has 0 spiro atoms. The minimum absolute atomic E-state index is 0.0350. The molecule has 0 aliphatic carbocycles. The predicted molar refractivity (Wildman–Crippen MR) is 262 cm³/mol. The maximum atomic E-state index is 12.8. The van der Waals surface area contributed by atoms with Crippen molar-refractivity contribution in [2.24, 2.45) is 0 Å². The molecule has 69 heavy (non-hydrogen) atoms.